The molecule has 0 radical (unpaired) electrons. The molecule has 0 saturated carbocycles. The predicted molar refractivity (Wildman–Crippen MR) is 114 cm³/mol. The summed E-state index contributed by atoms with van der Waals surface area (Å²) < 4.78 is 23.8. The highest BCUT2D eigenvalue weighted by molar-refractivity contribution is 7.88. The zero-order valence-electron chi connectivity index (χ0n) is 18.2. The van der Waals surface area contributed by atoms with Crippen molar-refractivity contribution in [2.24, 2.45) is 0 Å². The number of hydrogen-bond acceptors (Lipinski definition) is 4. The smallest absolute Gasteiger partial charge is 0.211 e. The number of rotatable bonds is 12. The molecule has 1 saturated heterocycles. The van der Waals surface area contributed by atoms with E-state index in [2.05, 4.69) is 30.7 Å². The molecule has 5 nitrogen and oxygen atoms in total. The molecule has 0 bridgehead atoms. The van der Waals surface area contributed by atoms with Crippen LogP contribution in [0.25, 0.3) is 0 Å². The van der Waals surface area contributed by atoms with Gasteiger partial charge in [0.2, 0.25) is 10.0 Å². The minimum absolute atomic E-state index is 0.588. The molecule has 0 unspecified atom stereocenters. The molecule has 1 fully saturated rings. The lowest BCUT2D eigenvalue weighted by atomic mass is 10.2. The number of hydrogen-bond donors (Lipinski definition) is 0. The maximum absolute atomic E-state index is 11.2. The Balaban J connectivity index is 0.000000481. The second-order valence-electron chi connectivity index (χ2n) is 7.52. The molecule has 1 aliphatic heterocycles. The third-order valence-electron chi connectivity index (χ3n) is 5.01. The molecule has 0 aromatic rings. The van der Waals surface area contributed by atoms with Crippen LogP contribution >= 0.6 is 0 Å². The van der Waals surface area contributed by atoms with Crippen LogP contribution in [0.2, 0.25) is 0 Å². The SMILES string of the molecule is CCCCCCN(CC)S(C)(=O)=O.CCCCCCN1CCN(C)CC1. The van der Waals surface area contributed by atoms with Crippen LogP contribution in [0.3, 0.4) is 0 Å². The number of nitrogens with zero attached hydrogens (tertiary/aromatic N) is 3. The van der Waals surface area contributed by atoms with E-state index in [-0.39, 0.29) is 0 Å². The molecule has 1 aliphatic rings. The molecule has 0 spiro atoms. The van der Waals surface area contributed by atoms with Crippen molar-refractivity contribution in [3.63, 3.8) is 0 Å². The van der Waals surface area contributed by atoms with Crippen molar-refractivity contribution in [3.8, 4) is 0 Å². The lowest BCUT2D eigenvalue weighted by Gasteiger charge is -2.32. The van der Waals surface area contributed by atoms with E-state index < -0.39 is 10.0 Å². The van der Waals surface area contributed by atoms with Crippen LogP contribution in [0.5, 0.6) is 0 Å². The van der Waals surface area contributed by atoms with Crippen LogP contribution in [0.4, 0.5) is 0 Å². The molecule has 158 valence electrons. The molecule has 0 amide bonds. The molecular formula is C20H45N3O2S. The summed E-state index contributed by atoms with van der Waals surface area (Å²) in [6, 6.07) is 0. The molecule has 0 aromatic carbocycles. The maximum atomic E-state index is 11.2. The average Bonchev–Trinajstić information content (AvgIpc) is 2.60. The van der Waals surface area contributed by atoms with E-state index in [0.717, 1.165) is 12.8 Å². The Labute approximate surface area is 164 Å². The Hall–Kier alpha value is -0.170. The van der Waals surface area contributed by atoms with Crippen molar-refractivity contribution < 1.29 is 8.42 Å². The molecule has 0 aliphatic carbocycles. The summed E-state index contributed by atoms with van der Waals surface area (Å²) in [4.78, 5) is 5.03. The second-order valence-corrected chi connectivity index (χ2v) is 9.50. The Bertz CT molecular complexity index is 407. The minimum Gasteiger partial charge on any atom is -0.304 e. The van der Waals surface area contributed by atoms with Crippen molar-refractivity contribution in [1.29, 1.82) is 0 Å². The third kappa shape index (κ3) is 14.0. The first-order valence-electron chi connectivity index (χ1n) is 10.7. The zero-order valence-corrected chi connectivity index (χ0v) is 19.0. The summed E-state index contributed by atoms with van der Waals surface area (Å²) in [5.74, 6) is 0. The number of likely N-dealkylation sites (N-methyl/N-ethyl adjacent to an activating group) is 1. The molecule has 1 heterocycles. The summed E-state index contributed by atoms with van der Waals surface area (Å²) in [6.07, 6.45) is 11.3. The van der Waals surface area contributed by atoms with Crippen molar-refractivity contribution in [1.82, 2.24) is 14.1 Å². The van der Waals surface area contributed by atoms with Gasteiger partial charge in [-0.25, -0.2) is 12.7 Å². The number of piperazine rings is 1. The third-order valence-corrected chi connectivity index (χ3v) is 6.39. The van der Waals surface area contributed by atoms with E-state index in [1.165, 1.54) is 81.8 Å². The lowest BCUT2D eigenvalue weighted by molar-refractivity contribution is 0.152. The van der Waals surface area contributed by atoms with Crippen molar-refractivity contribution in [2.75, 3.05) is 59.1 Å². The number of sulfonamides is 1. The highest BCUT2D eigenvalue weighted by Gasteiger charge is 2.13. The monoisotopic (exact) mass is 391 g/mol. The maximum Gasteiger partial charge on any atom is 0.211 e. The van der Waals surface area contributed by atoms with E-state index in [1.54, 1.807) is 0 Å². The molecule has 0 atom stereocenters. The van der Waals surface area contributed by atoms with Gasteiger partial charge >= 0.3 is 0 Å². The minimum atomic E-state index is -2.97. The highest BCUT2D eigenvalue weighted by Crippen LogP contribution is 2.05. The van der Waals surface area contributed by atoms with Crippen LogP contribution < -0.4 is 0 Å². The van der Waals surface area contributed by atoms with Gasteiger partial charge in [0, 0.05) is 39.3 Å². The van der Waals surface area contributed by atoms with Crippen LogP contribution in [-0.2, 0) is 10.0 Å². The van der Waals surface area contributed by atoms with Crippen molar-refractivity contribution in [2.45, 2.75) is 72.1 Å². The fourth-order valence-electron chi connectivity index (χ4n) is 3.11. The second kappa shape index (κ2) is 15.8. The van der Waals surface area contributed by atoms with Gasteiger partial charge in [0.1, 0.15) is 0 Å². The van der Waals surface area contributed by atoms with E-state index >= 15 is 0 Å². The average molecular weight is 392 g/mol. The molecule has 0 N–H and O–H groups in total. The Morgan fingerprint density at radius 3 is 1.81 bits per heavy atom. The van der Waals surface area contributed by atoms with E-state index in [4.69, 9.17) is 0 Å². The fraction of sp³-hybridized carbons (Fsp3) is 1.00. The van der Waals surface area contributed by atoms with Crippen molar-refractivity contribution in [3.05, 3.63) is 0 Å². The summed E-state index contributed by atoms with van der Waals surface area (Å²) in [7, 11) is -0.752. The summed E-state index contributed by atoms with van der Waals surface area (Å²) in [5, 5.41) is 0. The van der Waals surface area contributed by atoms with Gasteiger partial charge in [-0.2, -0.15) is 0 Å². The predicted octanol–water partition coefficient (Wildman–Crippen LogP) is 3.66. The molecule has 26 heavy (non-hydrogen) atoms. The Morgan fingerprint density at radius 2 is 1.35 bits per heavy atom. The Morgan fingerprint density at radius 1 is 0.808 bits per heavy atom. The van der Waals surface area contributed by atoms with Crippen LogP contribution in [0.15, 0.2) is 0 Å². The fourth-order valence-corrected chi connectivity index (χ4v) is 4.04. The molecular weight excluding hydrogens is 346 g/mol. The largest absolute Gasteiger partial charge is 0.304 e. The summed E-state index contributed by atoms with van der Waals surface area (Å²) >= 11 is 0. The van der Waals surface area contributed by atoms with Gasteiger partial charge in [0.15, 0.2) is 0 Å². The molecule has 0 aromatic heterocycles. The van der Waals surface area contributed by atoms with Gasteiger partial charge < -0.3 is 9.80 Å². The summed E-state index contributed by atoms with van der Waals surface area (Å²) in [5.41, 5.74) is 0. The van der Waals surface area contributed by atoms with Gasteiger partial charge in [-0.15, -0.1) is 0 Å². The van der Waals surface area contributed by atoms with Crippen LogP contribution in [-0.4, -0.2) is 81.6 Å². The van der Waals surface area contributed by atoms with E-state index in [1.807, 2.05) is 6.92 Å². The summed E-state index contributed by atoms with van der Waals surface area (Å²) in [6.45, 7) is 14.0. The number of unbranched alkanes of at least 4 members (excludes halogenated alkanes) is 6. The van der Waals surface area contributed by atoms with Crippen LogP contribution in [0, 0.1) is 0 Å². The standard InChI is InChI=1S/C11H24N2.C9H21NO2S/c1-3-4-5-6-7-13-10-8-12(2)9-11-13;1-4-6-7-8-9-10(5-2)13(3,11)12/h3-11H2,1-2H3;4-9H2,1-3H3. The quantitative estimate of drug-likeness (QED) is 0.476. The van der Waals surface area contributed by atoms with Gasteiger partial charge in [-0.05, 0) is 26.4 Å². The van der Waals surface area contributed by atoms with Gasteiger partial charge in [0.05, 0.1) is 6.26 Å². The topological polar surface area (TPSA) is 43.9 Å². The van der Waals surface area contributed by atoms with Gasteiger partial charge in [-0.3, -0.25) is 0 Å². The first-order valence-corrected chi connectivity index (χ1v) is 12.6. The first-order chi connectivity index (χ1) is 12.3. The molecule has 1 rings (SSSR count). The first kappa shape index (κ1) is 25.8. The lowest BCUT2D eigenvalue weighted by Crippen LogP contribution is -2.44. The zero-order chi connectivity index (χ0) is 19.8. The van der Waals surface area contributed by atoms with Gasteiger partial charge in [-0.1, -0.05) is 59.3 Å². The molecule has 6 heteroatoms. The Kier molecular flexibility index (Phi) is 15.7. The normalized spacial score (nSPS) is 16.5. The van der Waals surface area contributed by atoms with E-state index in [0.29, 0.717) is 13.1 Å². The van der Waals surface area contributed by atoms with Crippen LogP contribution in [0.1, 0.15) is 72.1 Å². The highest BCUT2D eigenvalue weighted by atomic mass is 32.2. The van der Waals surface area contributed by atoms with Crippen molar-refractivity contribution >= 4 is 10.0 Å². The van der Waals surface area contributed by atoms with Gasteiger partial charge in [0.25, 0.3) is 0 Å². The van der Waals surface area contributed by atoms with E-state index in [9.17, 15) is 8.42 Å².